The lowest BCUT2D eigenvalue weighted by Gasteiger charge is -2.32. The van der Waals surface area contributed by atoms with Crippen molar-refractivity contribution in [2.24, 2.45) is 5.92 Å². The molecular formula is C18H22ClIN2O4. The summed E-state index contributed by atoms with van der Waals surface area (Å²) in [6, 6.07) is 5.10. The Balaban J connectivity index is 1.90. The predicted molar refractivity (Wildman–Crippen MR) is 107 cm³/mol. The van der Waals surface area contributed by atoms with Crippen LogP contribution in [-0.4, -0.2) is 60.9 Å². The van der Waals surface area contributed by atoms with Crippen LogP contribution >= 0.6 is 34.2 Å². The lowest BCUT2D eigenvalue weighted by molar-refractivity contribution is -0.151. The number of carbonyl (C=O) groups is 3. The molecule has 26 heavy (non-hydrogen) atoms. The zero-order valence-corrected chi connectivity index (χ0v) is 17.7. The van der Waals surface area contributed by atoms with Crippen molar-refractivity contribution in [1.82, 2.24) is 9.80 Å². The summed E-state index contributed by atoms with van der Waals surface area (Å²) in [4.78, 5) is 39.9. The number of nitrogens with zero attached hydrogens (tertiary/aromatic N) is 2. The van der Waals surface area contributed by atoms with E-state index >= 15 is 0 Å². The maximum absolute atomic E-state index is 12.6. The first kappa shape index (κ1) is 21.0. The molecule has 0 radical (unpaired) electrons. The Bertz CT molecular complexity index is 690. The van der Waals surface area contributed by atoms with Gasteiger partial charge in [0, 0.05) is 28.7 Å². The second-order valence-corrected chi connectivity index (χ2v) is 7.79. The highest BCUT2D eigenvalue weighted by molar-refractivity contribution is 14.1. The molecule has 142 valence electrons. The van der Waals surface area contributed by atoms with Crippen LogP contribution in [0.4, 0.5) is 0 Å². The van der Waals surface area contributed by atoms with E-state index < -0.39 is 0 Å². The average molecular weight is 493 g/mol. The minimum Gasteiger partial charge on any atom is -0.466 e. The Hall–Kier alpha value is -1.35. The second kappa shape index (κ2) is 9.55. The van der Waals surface area contributed by atoms with E-state index in [1.54, 1.807) is 37.1 Å². The third-order valence-corrected chi connectivity index (χ3v) is 5.52. The van der Waals surface area contributed by atoms with Crippen LogP contribution in [0.15, 0.2) is 18.2 Å². The highest BCUT2D eigenvalue weighted by Gasteiger charge is 2.29. The molecule has 0 saturated carbocycles. The third-order valence-electron chi connectivity index (χ3n) is 4.35. The smallest absolute Gasteiger partial charge is 0.309 e. The fourth-order valence-electron chi connectivity index (χ4n) is 2.87. The highest BCUT2D eigenvalue weighted by atomic mass is 127. The first-order valence-electron chi connectivity index (χ1n) is 8.48. The largest absolute Gasteiger partial charge is 0.466 e. The van der Waals surface area contributed by atoms with Crippen LogP contribution in [0.3, 0.4) is 0 Å². The van der Waals surface area contributed by atoms with Gasteiger partial charge in [0.05, 0.1) is 24.6 Å². The van der Waals surface area contributed by atoms with E-state index in [1.165, 1.54) is 4.90 Å². The van der Waals surface area contributed by atoms with Gasteiger partial charge in [0.2, 0.25) is 5.91 Å². The zero-order chi connectivity index (χ0) is 19.3. The monoisotopic (exact) mass is 492 g/mol. The molecule has 2 amide bonds. The van der Waals surface area contributed by atoms with Gasteiger partial charge in [-0.3, -0.25) is 14.4 Å². The molecule has 0 aliphatic carbocycles. The molecule has 0 N–H and O–H groups in total. The van der Waals surface area contributed by atoms with Crippen molar-refractivity contribution < 1.29 is 19.1 Å². The number of piperidine rings is 1. The van der Waals surface area contributed by atoms with Crippen LogP contribution in [0.5, 0.6) is 0 Å². The van der Waals surface area contributed by atoms with Gasteiger partial charge >= 0.3 is 5.97 Å². The van der Waals surface area contributed by atoms with Crippen molar-refractivity contribution in [3.63, 3.8) is 0 Å². The fourth-order valence-corrected chi connectivity index (χ4v) is 3.60. The molecule has 1 heterocycles. The topological polar surface area (TPSA) is 66.9 Å². The van der Waals surface area contributed by atoms with Crippen molar-refractivity contribution in [2.45, 2.75) is 19.8 Å². The summed E-state index contributed by atoms with van der Waals surface area (Å²) in [5, 5.41) is 0.481. The fraction of sp³-hybridized carbons (Fsp3) is 0.500. The summed E-state index contributed by atoms with van der Waals surface area (Å²) in [5.74, 6) is -0.708. The number of benzene rings is 1. The molecular weight excluding hydrogens is 471 g/mol. The Morgan fingerprint density at radius 3 is 2.58 bits per heavy atom. The highest BCUT2D eigenvalue weighted by Crippen LogP contribution is 2.21. The van der Waals surface area contributed by atoms with E-state index in [-0.39, 0.29) is 30.2 Å². The predicted octanol–water partition coefficient (Wildman–Crippen LogP) is 2.82. The average Bonchev–Trinajstić information content (AvgIpc) is 2.63. The molecule has 1 aromatic rings. The minimum atomic E-state index is -0.244. The third kappa shape index (κ3) is 5.33. The first-order valence-corrected chi connectivity index (χ1v) is 9.94. The number of esters is 1. The molecule has 1 aliphatic heterocycles. The maximum atomic E-state index is 12.6. The summed E-state index contributed by atoms with van der Waals surface area (Å²) in [7, 11) is 1.60. The molecule has 0 unspecified atom stereocenters. The normalized spacial score (nSPS) is 14.8. The molecule has 2 rings (SSSR count). The van der Waals surface area contributed by atoms with E-state index in [0.717, 1.165) is 3.57 Å². The van der Waals surface area contributed by atoms with Crippen LogP contribution in [0.1, 0.15) is 30.1 Å². The van der Waals surface area contributed by atoms with E-state index in [4.69, 9.17) is 16.3 Å². The van der Waals surface area contributed by atoms with Crippen molar-refractivity contribution in [2.75, 3.05) is 33.3 Å². The maximum Gasteiger partial charge on any atom is 0.309 e. The summed E-state index contributed by atoms with van der Waals surface area (Å²) in [6.45, 7) is 3.14. The molecule has 1 aliphatic rings. The number of halogens is 2. The SMILES string of the molecule is CCOC(=O)C1CCN(C(=O)CN(C)C(=O)c2cc(Cl)ccc2I)CC1. The van der Waals surface area contributed by atoms with Crippen LogP contribution in [-0.2, 0) is 14.3 Å². The molecule has 0 spiro atoms. The van der Waals surface area contributed by atoms with Crippen LogP contribution < -0.4 is 0 Å². The Morgan fingerprint density at radius 2 is 1.96 bits per heavy atom. The number of carbonyl (C=O) groups excluding carboxylic acids is 3. The van der Waals surface area contributed by atoms with Crippen molar-refractivity contribution in [3.05, 3.63) is 32.4 Å². The van der Waals surface area contributed by atoms with E-state index in [2.05, 4.69) is 22.6 Å². The number of hydrogen-bond donors (Lipinski definition) is 0. The van der Waals surface area contributed by atoms with E-state index in [0.29, 0.717) is 43.1 Å². The molecule has 0 aromatic heterocycles. The molecule has 6 nitrogen and oxygen atoms in total. The molecule has 1 fully saturated rings. The molecule has 1 saturated heterocycles. The van der Waals surface area contributed by atoms with Crippen molar-refractivity contribution in [1.29, 1.82) is 0 Å². The van der Waals surface area contributed by atoms with Gasteiger partial charge in [0.1, 0.15) is 0 Å². The van der Waals surface area contributed by atoms with Crippen molar-refractivity contribution >= 4 is 52.0 Å². The number of hydrogen-bond acceptors (Lipinski definition) is 4. The Labute approximate surface area is 171 Å². The molecule has 0 bridgehead atoms. The number of likely N-dealkylation sites (tertiary alicyclic amines) is 1. The van der Waals surface area contributed by atoms with Gasteiger partial charge in [-0.15, -0.1) is 0 Å². The van der Waals surface area contributed by atoms with Gasteiger partial charge in [-0.1, -0.05) is 11.6 Å². The van der Waals surface area contributed by atoms with Crippen LogP contribution in [0.25, 0.3) is 0 Å². The van der Waals surface area contributed by atoms with Crippen molar-refractivity contribution in [3.8, 4) is 0 Å². The zero-order valence-electron chi connectivity index (χ0n) is 14.8. The lowest BCUT2D eigenvalue weighted by atomic mass is 9.97. The minimum absolute atomic E-state index is 0.00843. The summed E-state index contributed by atoms with van der Waals surface area (Å²) >= 11 is 8.04. The van der Waals surface area contributed by atoms with Gasteiger partial charge < -0.3 is 14.5 Å². The summed E-state index contributed by atoms with van der Waals surface area (Å²) in [5.41, 5.74) is 0.481. The van der Waals surface area contributed by atoms with Crippen LogP contribution in [0.2, 0.25) is 5.02 Å². The first-order chi connectivity index (χ1) is 12.3. The van der Waals surface area contributed by atoms with E-state index in [1.807, 2.05) is 0 Å². The molecule has 1 aromatic carbocycles. The van der Waals surface area contributed by atoms with Gasteiger partial charge in [-0.2, -0.15) is 0 Å². The van der Waals surface area contributed by atoms with Gasteiger partial charge in [-0.25, -0.2) is 0 Å². The quantitative estimate of drug-likeness (QED) is 0.468. The Morgan fingerprint density at radius 1 is 1.31 bits per heavy atom. The van der Waals surface area contributed by atoms with Gasteiger partial charge in [-0.05, 0) is 60.6 Å². The number of rotatable bonds is 5. The molecule has 0 atom stereocenters. The van der Waals surface area contributed by atoms with Gasteiger partial charge in [0.25, 0.3) is 5.91 Å². The number of amides is 2. The Kier molecular flexibility index (Phi) is 7.69. The van der Waals surface area contributed by atoms with Crippen LogP contribution in [0, 0.1) is 9.49 Å². The summed E-state index contributed by atoms with van der Waals surface area (Å²) in [6.07, 6.45) is 1.18. The number of ether oxygens (including phenoxy) is 1. The summed E-state index contributed by atoms with van der Waals surface area (Å²) < 4.78 is 5.82. The van der Waals surface area contributed by atoms with Gasteiger partial charge in [0.15, 0.2) is 0 Å². The second-order valence-electron chi connectivity index (χ2n) is 6.19. The lowest BCUT2D eigenvalue weighted by Crippen LogP contribution is -2.45. The molecule has 8 heteroatoms. The standard InChI is InChI=1S/C18H22ClIN2O4/c1-3-26-18(25)12-6-8-22(9-7-12)16(23)11-21(2)17(24)14-10-13(19)4-5-15(14)20/h4-5,10,12H,3,6-9,11H2,1-2H3. The van der Waals surface area contributed by atoms with E-state index in [9.17, 15) is 14.4 Å². The number of likely N-dealkylation sites (N-methyl/N-ethyl adjacent to an activating group) is 1.